The molecule has 2 nitrogen and oxygen atoms in total. The molecule has 0 aromatic heterocycles. The fourth-order valence-corrected chi connectivity index (χ4v) is 4.28. The topological polar surface area (TPSA) is 23.5 Å². The summed E-state index contributed by atoms with van der Waals surface area (Å²) in [5.41, 5.74) is 2.29. The van der Waals surface area contributed by atoms with E-state index in [1.54, 1.807) is 0 Å². The van der Waals surface area contributed by atoms with Gasteiger partial charge in [-0.25, -0.2) is 0 Å². The molecule has 1 saturated heterocycles. The molecule has 1 N–H and O–H groups in total. The second kappa shape index (κ2) is 5.84. The molecule has 1 atom stereocenters. The molecule has 1 aromatic carbocycles. The molecule has 19 heavy (non-hydrogen) atoms. The molecule has 1 unspecified atom stereocenters. The molecule has 0 radical (unpaired) electrons. The minimum Gasteiger partial charge on any atom is -0.392 e. The zero-order valence-electron chi connectivity index (χ0n) is 11.3. The molecular formula is C16H22BrNO. The Morgan fingerprint density at radius 3 is 2.63 bits per heavy atom. The predicted octanol–water partition coefficient (Wildman–Crippen LogP) is 4.10. The van der Waals surface area contributed by atoms with E-state index in [2.05, 4.69) is 33.0 Å². The lowest BCUT2D eigenvalue weighted by molar-refractivity contribution is 0.281. The molecule has 3 heteroatoms. The third-order valence-electron chi connectivity index (χ3n) is 4.78. The van der Waals surface area contributed by atoms with Crippen molar-refractivity contribution in [3.05, 3.63) is 28.2 Å². The van der Waals surface area contributed by atoms with Crippen LogP contribution in [0.5, 0.6) is 0 Å². The summed E-state index contributed by atoms with van der Waals surface area (Å²) in [4.78, 5) is 2.60. The fourth-order valence-electron chi connectivity index (χ4n) is 3.79. The first-order valence-electron chi connectivity index (χ1n) is 7.45. The highest BCUT2D eigenvalue weighted by atomic mass is 79.9. The lowest BCUT2D eigenvalue weighted by Gasteiger charge is -2.31. The van der Waals surface area contributed by atoms with Crippen LogP contribution in [0.1, 0.15) is 44.1 Å². The van der Waals surface area contributed by atoms with Crippen molar-refractivity contribution in [2.45, 2.75) is 51.2 Å². The maximum atomic E-state index is 9.26. The third-order valence-corrected chi connectivity index (χ3v) is 5.52. The smallest absolute Gasteiger partial charge is 0.0692 e. The summed E-state index contributed by atoms with van der Waals surface area (Å²) < 4.78 is 1.03. The van der Waals surface area contributed by atoms with Crippen molar-refractivity contribution in [3.8, 4) is 0 Å². The summed E-state index contributed by atoms with van der Waals surface area (Å²) in [6, 6.07) is 7.14. The highest BCUT2D eigenvalue weighted by Gasteiger charge is 2.33. The van der Waals surface area contributed by atoms with Gasteiger partial charge < -0.3 is 10.0 Å². The Morgan fingerprint density at radius 1 is 1.16 bits per heavy atom. The van der Waals surface area contributed by atoms with Crippen molar-refractivity contribution in [3.63, 3.8) is 0 Å². The largest absolute Gasteiger partial charge is 0.392 e. The summed E-state index contributed by atoms with van der Waals surface area (Å²) in [7, 11) is 0. The van der Waals surface area contributed by atoms with Crippen LogP contribution in [0.25, 0.3) is 0 Å². The molecule has 1 aliphatic heterocycles. The fraction of sp³-hybridized carbons (Fsp3) is 0.625. The Balaban J connectivity index is 1.81. The maximum absolute atomic E-state index is 9.26. The number of benzene rings is 1. The zero-order valence-corrected chi connectivity index (χ0v) is 12.9. The number of aliphatic hydroxyl groups is 1. The number of hydrogen-bond donors (Lipinski definition) is 1. The lowest BCUT2D eigenvalue weighted by atomic mass is 9.95. The van der Waals surface area contributed by atoms with E-state index in [0.29, 0.717) is 0 Å². The molecular weight excluding hydrogens is 302 g/mol. The van der Waals surface area contributed by atoms with Crippen LogP contribution < -0.4 is 4.90 Å². The number of rotatable bonds is 3. The summed E-state index contributed by atoms with van der Waals surface area (Å²) >= 11 is 3.57. The highest BCUT2D eigenvalue weighted by molar-refractivity contribution is 9.10. The summed E-state index contributed by atoms with van der Waals surface area (Å²) in [6.45, 7) is 1.29. The number of anilines is 1. The molecule has 1 aromatic rings. The Labute approximate surface area is 123 Å². The molecule has 1 aliphatic carbocycles. The molecule has 3 rings (SSSR count). The van der Waals surface area contributed by atoms with Crippen molar-refractivity contribution in [2.24, 2.45) is 5.92 Å². The molecule has 1 heterocycles. The predicted molar refractivity (Wildman–Crippen MR) is 82.4 cm³/mol. The van der Waals surface area contributed by atoms with E-state index in [0.717, 1.165) is 22.0 Å². The summed E-state index contributed by atoms with van der Waals surface area (Å²) in [6.07, 6.45) is 8.34. The molecule has 1 saturated carbocycles. The van der Waals surface area contributed by atoms with Crippen LogP contribution in [-0.4, -0.2) is 17.7 Å². The van der Waals surface area contributed by atoms with Crippen LogP contribution in [-0.2, 0) is 6.61 Å². The second-order valence-corrected chi connectivity index (χ2v) is 6.74. The number of nitrogens with zero attached hydrogens (tertiary/aromatic N) is 1. The van der Waals surface area contributed by atoms with Gasteiger partial charge in [-0.3, -0.25) is 0 Å². The number of aliphatic hydroxyl groups excluding tert-OH is 1. The third kappa shape index (κ3) is 2.68. The van der Waals surface area contributed by atoms with Crippen molar-refractivity contribution in [1.82, 2.24) is 0 Å². The first-order valence-corrected chi connectivity index (χ1v) is 8.25. The normalized spacial score (nSPS) is 24.3. The Kier molecular flexibility index (Phi) is 4.13. The van der Waals surface area contributed by atoms with E-state index >= 15 is 0 Å². The van der Waals surface area contributed by atoms with E-state index < -0.39 is 0 Å². The van der Waals surface area contributed by atoms with Crippen molar-refractivity contribution < 1.29 is 5.11 Å². The van der Waals surface area contributed by atoms with E-state index in [1.807, 2.05) is 6.07 Å². The molecule has 0 spiro atoms. The highest BCUT2D eigenvalue weighted by Crippen LogP contribution is 2.38. The van der Waals surface area contributed by atoms with Gasteiger partial charge in [0.15, 0.2) is 0 Å². The second-order valence-electron chi connectivity index (χ2n) is 5.88. The minimum atomic E-state index is 0.104. The minimum absolute atomic E-state index is 0.104. The Hall–Kier alpha value is -0.540. The molecule has 2 fully saturated rings. The maximum Gasteiger partial charge on any atom is 0.0692 e. The SMILES string of the molecule is OCc1ccc(N2CCCC2C2CCCC2)cc1Br. The quantitative estimate of drug-likeness (QED) is 0.905. The van der Waals surface area contributed by atoms with E-state index in [4.69, 9.17) is 0 Å². The van der Waals surface area contributed by atoms with Crippen LogP contribution in [0.2, 0.25) is 0 Å². The zero-order chi connectivity index (χ0) is 13.2. The molecule has 104 valence electrons. The summed E-state index contributed by atoms with van der Waals surface area (Å²) in [5, 5.41) is 9.26. The Morgan fingerprint density at radius 2 is 1.95 bits per heavy atom. The first-order chi connectivity index (χ1) is 9.29. The van der Waals surface area contributed by atoms with Crippen molar-refractivity contribution >= 4 is 21.6 Å². The van der Waals surface area contributed by atoms with Gasteiger partial charge in [-0.1, -0.05) is 34.8 Å². The standard InChI is InChI=1S/C16H22BrNO/c17-15-10-14(8-7-13(15)11-19)18-9-3-6-16(18)12-4-1-2-5-12/h7-8,10,12,16,19H,1-6,9,11H2. The van der Waals surface area contributed by atoms with E-state index in [-0.39, 0.29) is 6.61 Å². The van der Waals surface area contributed by atoms with Gasteiger partial charge in [0.05, 0.1) is 6.61 Å². The van der Waals surface area contributed by atoms with Gasteiger partial charge in [0.25, 0.3) is 0 Å². The summed E-state index contributed by atoms with van der Waals surface area (Å²) in [5.74, 6) is 0.902. The molecule has 0 amide bonds. The van der Waals surface area contributed by atoms with Gasteiger partial charge in [0.2, 0.25) is 0 Å². The lowest BCUT2D eigenvalue weighted by Crippen LogP contribution is -2.34. The van der Waals surface area contributed by atoms with Gasteiger partial charge in [0.1, 0.15) is 0 Å². The van der Waals surface area contributed by atoms with Crippen LogP contribution in [0.4, 0.5) is 5.69 Å². The van der Waals surface area contributed by atoms with E-state index in [9.17, 15) is 5.11 Å². The van der Waals surface area contributed by atoms with Crippen LogP contribution in [0.15, 0.2) is 22.7 Å². The van der Waals surface area contributed by atoms with Crippen LogP contribution in [0, 0.1) is 5.92 Å². The van der Waals surface area contributed by atoms with Crippen LogP contribution >= 0.6 is 15.9 Å². The van der Waals surface area contributed by atoms with Crippen LogP contribution in [0.3, 0.4) is 0 Å². The van der Waals surface area contributed by atoms with Gasteiger partial charge in [-0.15, -0.1) is 0 Å². The van der Waals surface area contributed by atoms with Gasteiger partial charge >= 0.3 is 0 Å². The van der Waals surface area contributed by atoms with Crippen molar-refractivity contribution in [1.29, 1.82) is 0 Å². The first kappa shape index (κ1) is 13.4. The average Bonchev–Trinajstić information content (AvgIpc) is 3.09. The monoisotopic (exact) mass is 323 g/mol. The van der Waals surface area contributed by atoms with Crippen molar-refractivity contribution in [2.75, 3.05) is 11.4 Å². The van der Waals surface area contributed by atoms with E-state index in [1.165, 1.54) is 50.8 Å². The molecule has 0 bridgehead atoms. The van der Waals surface area contributed by atoms with Gasteiger partial charge in [-0.2, -0.15) is 0 Å². The number of hydrogen-bond acceptors (Lipinski definition) is 2. The molecule has 2 aliphatic rings. The van der Waals surface area contributed by atoms with Gasteiger partial charge in [0, 0.05) is 22.7 Å². The average molecular weight is 324 g/mol. The van der Waals surface area contributed by atoms with Gasteiger partial charge in [-0.05, 0) is 49.3 Å². The number of halogens is 1. The Bertz CT molecular complexity index is 442.